The average molecular weight is 771 g/mol. The fourth-order valence-electron chi connectivity index (χ4n) is 10.4. The van der Waals surface area contributed by atoms with Crippen LogP contribution in [-0.4, -0.2) is 32.5 Å². The van der Waals surface area contributed by atoms with Crippen molar-refractivity contribution in [2.75, 3.05) is 0 Å². The molecule has 4 aliphatic heterocycles. The zero-order chi connectivity index (χ0) is 37.6. The molecule has 0 saturated heterocycles. The highest BCUT2D eigenvalue weighted by atomic mass is 32.2. The molecule has 0 fully saturated rings. The lowest BCUT2D eigenvalue weighted by atomic mass is 9.32. The highest BCUT2D eigenvalue weighted by Gasteiger charge is 2.45. The van der Waals surface area contributed by atoms with E-state index in [1.54, 1.807) is 0 Å². The average Bonchev–Trinajstić information content (AvgIpc) is 3.88. The van der Waals surface area contributed by atoms with E-state index in [4.69, 9.17) is 9.97 Å². The van der Waals surface area contributed by atoms with Gasteiger partial charge in [-0.2, -0.15) is 0 Å². The Balaban J connectivity index is 1.09. The minimum Gasteiger partial charge on any atom is -0.293 e. The number of benzene rings is 8. The lowest BCUT2D eigenvalue weighted by Crippen LogP contribution is -2.63. The standard InChI is InChI=1S/C50H28B2N4S2/c1-4-14-29(15-5-1)42-47-34(51-32-20-10-22-36-45(32)55(38-24-12-26-40(57-47)43(38)51)49(53-36)30-16-6-2-7-17-30)28-35-48(42)58-41-27-13-25-39-44(41)52(35)33-21-11-23-37-46(33)56(39)50(54-37)31-18-8-3-9-19-31/h1-28H. The maximum Gasteiger partial charge on any atom is 0.249 e. The van der Waals surface area contributed by atoms with Crippen molar-refractivity contribution in [1.29, 1.82) is 0 Å². The summed E-state index contributed by atoms with van der Waals surface area (Å²) in [5.41, 5.74) is 19.9. The Labute approximate surface area is 343 Å². The van der Waals surface area contributed by atoms with Gasteiger partial charge in [0.15, 0.2) is 0 Å². The van der Waals surface area contributed by atoms with Crippen molar-refractivity contribution in [2.45, 2.75) is 19.6 Å². The number of hydrogen-bond donors (Lipinski definition) is 0. The van der Waals surface area contributed by atoms with Crippen LogP contribution in [0.15, 0.2) is 189 Å². The van der Waals surface area contributed by atoms with Crippen LogP contribution in [0.1, 0.15) is 0 Å². The Kier molecular flexibility index (Phi) is 6.30. The zero-order valence-electron chi connectivity index (χ0n) is 30.9. The van der Waals surface area contributed by atoms with Gasteiger partial charge in [0.25, 0.3) is 0 Å². The Morgan fingerprint density at radius 1 is 0.397 bits per heavy atom. The van der Waals surface area contributed by atoms with E-state index in [1.165, 1.54) is 85.9 Å². The molecule has 6 heterocycles. The van der Waals surface area contributed by atoms with E-state index in [9.17, 15) is 0 Å². The van der Waals surface area contributed by atoms with Crippen molar-refractivity contribution in [2.24, 2.45) is 0 Å². The van der Waals surface area contributed by atoms with Gasteiger partial charge in [0.05, 0.1) is 22.1 Å². The molecule has 0 radical (unpaired) electrons. The quantitative estimate of drug-likeness (QED) is 0.171. The Hall–Kier alpha value is -6.47. The van der Waals surface area contributed by atoms with Gasteiger partial charge in [-0.1, -0.05) is 168 Å². The second-order valence-electron chi connectivity index (χ2n) is 15.6. The molecule has 0 atom stereocenters. The minimum absolute atomic E-state index is 0.0444. The number of fused-ring (bicyclic) bond motifs is 8. The van der Waals surface area contributed by atoms with Gasteiger partial charge in [0.1, 0.15) is 11.6 Å². The molecular formula is C50H28B2N4S2. The van der Waals surface area contributed by atoms with Crippen LogP contribution in [0.3, 0.4) is 0 Å². The molecule has 4 aliphatic rings. The Morgan fingerprint density at radius 2 is 0.828 bits per heavy atom. The van der Waals surface area contributed by atoms with Crippen LogP contribution in [0.2, 0.25) is 0 Å². The Bertz CT molecular complexity index is 3210. The molecule has 0 spiro atoms. The number of nitrogens with zero attached hydrogens (tertiary/aromatic N) is 4. The van der Waals surface area contributed by atoms with Crippen LogP contribution in [0.5, 0.6) is 0 Å². The van der Waals surface area contributed by atoms with Crippen LogP contribution in [0.4, 0.5) is 0 Å². The molecule has 0 aliphatic carbocycles. The van der Waals surface area contributed by atoms with Crippen LogP contribution in [0.25, 0.3) is 67.3 Å². The van der Waals surface area contributed by atoms with Crippen molar-refractivity contribution >= 4 is 91.8 Å². The molecular weight excluding hydrogens is 742 g/mol. The lowest BCUT2D eigenvalue weighted by Gasteiger charge is -2.38. The second kappa shape index (κ2) is 11.6. The van der Waals surface area contributed by atoms with E-state index in [0.717, 1.165) is 33.8 Å². The van der Waals surface area contributed by atoms with Crippen LogP contribution >= 0.6 is 23.5 Å². The number of aromatic nitrogens is 4. The third-order valence-electron chi connectivity index (χ3n) is 12.6. The molecule has 0 saturated carbocycles. The first kappa shape index (κ1) is 31.6. The summed E-state index contributed by atoms with van der Waals surface area (Å²) in [6.07, 6.45) is 0. The SMILES string of the molecule is c1ccc(-c2c3c(cc4c2Sc2cccc5c2B4c2cccc4nc(-c6ccccc6)n-5c24)B2c4c(cccc4-n4c(-c5ccccc5)nc5cccc2c54)S3)cc1. The highest BCUT2D eigenvalue weighted by molar-refractivity contribution is 8.01. The van der Waals surface area contributed by atoms with Crippen molar-refractivity contribution in [3.05, 3.63) is 170 Å². The molecule has 4 nitrogen and oxygen atoms in total. The first-order chi connectivity index (χ1) is 28.8. The van der Waals surface area contributed by atoms with Crippen molar-refractivity contribution in [1.82, 2.24) is 19.1 Å². The van der Waals surface area contributed by atoms with Gasteiger partial charge in [-0.05, 0) is 63.8 Å². The van der Waals surface area contributed by atoms with Gasteiger partial charge in [-0.25, -0.2) is 9.97 Å². The molecule has 0 amide bonds. The van der Waals surface area contributed by atoms with Gasteiger partial charge in [0, 0.05) is 47.6 Å². The van der Waals surface area contributed by atoms with Gasteiger partial charge in [-0.15, -0.1) is 0 Å². The van der Waals surface area contributed by atoms with Crippen LogP contribution in [-0.2, 0) is 0 Å². The predicted molar refractivity (Wildman–Crippen MR) is 242 cm³/mol. The van der Waals surface area contributed by atoms with Gasteiger partial charge >= 0.3 is 0 Å². The molecule has 58 heavy (non-hydrogen) atoms. The molecule has 2 aromatic heterocycles. The number of hydrogen-bond acceptors (Lipinski definition) is 4. The van der Waals surface area contributed by atoms with E-state index in [0.29, 0.717) is 0 Å². The van der Waals surface area contributed by atoms with E-state index in [-0.39, 0.29) is 13.4 Å². The second-order valence-corrected chi connectivity index (χ2v) is 17.7. The summed E-state index contributed by atoms with van der Waals surface area (Å²) in [6, 6.07) is 62.3. The first-order valence-electron chi connectivity index (χ1n) is 19.8. The maximum absolute atomic E-state index is 5.34. The fraction of sp³-hybridized carbons (Fsp3) is 0. The first-order valence-corrected chi connectivity index (χ1v) is 21.5. The minimum atomic E-state index is 0.0444. The smallest absolute Gasteiger partial charge is 0.249 e. The van der Waals surface area contributed by atoms with Crippen LogP contribution < -0.4 is 32.8 Å². The zero-order valence-corrected chi connectivity index (χ0v) is 32.6. The number of imidazole rings is 2. The summed E-state index contributed by atoms with van der Waals surface area (Å²) in [7, 11) is 0. The summed E-state index contributed by atoms with van der Waals surface area (Å²) in [6.45, 7) is 0.0888. The Morgan fingerprint density at radius 3 is 1.29 bits per heavy atom. The highest BCUT2D eigenvalue weighted by Crippen LogP contribution is 2.47. The van der Waals surface area contributed by atoms with Crippen molar-refractivity contribution in [3.8, 4) is 45.3 Å². The van der Waals surface area contributed by atoms with E-state index in [2.05, 4.69) is 179 Å². The van der Waals surface area contributed by atoms with E-state index < -0.39 is 0 Å². The molecule has 0 N–H and O–H groups in total. The maximum atomic E-state index is 5.34. The van der Waals surface area contributed by atoms with E-state index in [1.807, 2.05) is 23.5 Å². The largest absolute Gasteiger partial charge is 0.293 e. The van der Waals surface area contributed by atoms with Crippen molar-refractivity contribution in [3.63, 3.8) is 0 Å². The van der Waals surface area contributed by atoms with Gasteiger partial charge < -0.3 is 0 Å². The van der Waals surface area contributed by atoms with Crippen molar-refractivity contribution < 1.29 is 0 Å². The predicted octanol–water partition coefficient (Wildman–Crippen LogP) is 7.95. The fourth-order valence-corrected chi connectivity index (χ4v) is 13.1. The molecule has 8 aromatic carbocycles. The molecule has 0 unspecified atom stereocenters. The topological polar surface area (TPSA) is 35.6 Å². The van der Waals surface area contributed by atoms with Crippen LogP contribution in [0, 0.1) is 0 Å². The normalized spacial score (nSPS) is 13.7. The monoisotopic (exact) mass is 770 g/mol. The van der Waals surface area contributed by atoms with Gasteiger partial charge in [0.2, 0.25) is 13.4 Å². The molecule has 8 heteroatoms. The number of para-hydroxylation sites is 2. The third-order valence-corrected chi connectivity index (χ3v) is 15.1. The molecule has 266 valence electrons. The van der Waals surface area contributed by atoms with E-state index >= 15 is 0 Å². The molecule has 14 rings (SSSR count). The summed E-state index contributed by atoms with van der Waals surface area (Å²) in [4.78, 5) is 16.0. The summed E-state index contributed by atoms with van der Waals surface area (Å²) >= 11 is 3.88. The third kappa shape index (κ3) is 4.06. The summed E-state index contributed by atoms with van der Waals surface area (Å²) in [5.74, 6) is 1.98. The summed E-state index contributed by atoms with van der Waals surface area (Å²) in [5, 5.41) is 0. The van der Waals surface area contributed by atoms with Gasteiger partial charge in [-0.3, -0.25) is 9.13 Å². The molecule has 10 aromatic rings. The lowest BCUT2D eigenvalue weighted by molar-refractivity contribution is 1.10. The molecule has 0 bridgehead atoms. The number of rotatable bonds is 3. The summed E-state index contributed by atoms with van der Waals surface area (Å²) < 4.78 is 4.87.